The maximum absolute atomic E-state index is 13.6. The van der Waals surface area contributed by atoms with E-state index in [0.29, 0.717) is 6.07 Å². The van der Waals surface area contributed by atoms with Crippen LogP contribution < -0.4 is 4.72 Å². The molecule has 1 rings (SSSR count). The number of sulfone groups is 1. The van der Waals surface area contributed by atoms with E-state index in [2.05, 4.69) is 0 Å². The van der Waals surface area contributed by atoms with Gasteiger partial charge in [-0.3, -0.25) is 4.79 Å². The second-order valence-electron chi connectivity index (χ2n) is 4.48. The Bertz CT molecular complexity index is 757. The number of carboxylic acids is 1. The van der Waals surface area contributed by atoms with E-state index in [1.165, 1.54) is 6.92 Å². The molecule has 10 heteroatoms. The average molecular weight is 339 g/mol. The molecule has 0 bridgehead atoms. The molecule has 0 aliphatic carbocycles. The van der Waals surface area contributed by atoms with Crippen molar-refractivity contribution >= 4 is 25.8 Å². The van der Waals surface area contributed by atoms with Crippen LogP contribution in [0.1, 0.15) is 13.3 Å². The van der Waals surface area contributed by atoms with Gasteiger partial charge >= 0.3 is 5.97 Å². The molecule has 1 aromatic rings. The lowest BCUT2D eigenvalue weighted by molar-refractivity contribution is -0.137. The van der Waals surface area contributed by atoms with Crippen LogP contribution in [0.5, 0.6) is 0 Å². The van der Waals surface area contributed by atoms with E-state index in [1.807, 2.05) is 4.72 Å². The zero-order valence-corrected chi connectivity index (χ0v) is 12.8. The summed E-state index contributed by atoms with van der Waals surface area (Å²) in [6.45, 7) is 1.30. The summed E-state index contributed by atoms with van der Waals surface area (Å²) in [4.78, 5) is 9.30. The highest BCUT2D eigenvalue weighted by Gasteiger charge is 2.24. The third kappa shape index (κ3) is 4.76. The smallest absolute Gasteiger partial charge is 0.304 e. The summed E-state index contributed by atoms with van der Waals surface area (Å²) in [5, 5.41) is 8.57. The first-order valence-corrected chi connectivity index (χ1v) is 9.04. The molecule has 0 fully saturated rings. The number of aliphatic carboxylic acids is 1. The monoisotopic (exact) mass is 339 g/mol. The largest absolute Gasteiger partial charge is 0.481 e. The van der Waals surface area contributed by atoms with Gasteiger partial charge in [-0.1, -0.05) is 0 Å². The number of halogens is 1. The van der Waals surface area contributed by atoms with E-state index in [9.17, 15) is 26.0 Å². The summed E-state index contributed by atoms with van der Waals surface area (Å²) in [6, 6.07) is 1.39. The van der Waals surface area contributed by atoms with Crippen molar-refractivity contribution in [2.75, 3.05) is 6.26 Å². The molecular weight excluding hydrogens is 325 g/mol. The van der Waals surface area contributed by atoms with Crippen molar-refractivity contribution in [2.45, 2.75) is 29.2 Å². The van der Waals surface area contributed by atoms with Crippen LogP contribution in [-0.2, 0) is 24.7 Å². The Hall–Kier alpha value is -1.52. The fourth-order valence-corrected chi connectivity index (χ4v) is 3.62. The van der Waals surface area contributed by atoms with E-state index in [-0.39, 0.29) is 4.90 Å². The fraction of sp³-hybridized carbons (Fsp3) is 0.364. The Kier molecular flexibility index (Phi) is 5.07. The molecule has 0 saturated heterocycles. The number of carbonyl (C=O) groups is 1. The molecule has 7 nitrogen and oxygen atoms in total. The van der Waals surface area contributed by atoms with Crippen LogP contribution in [0.15, 0.2) is 28.0 Å². The third-order valence-electron chi connectivity index (χ3n) is 2.46. The SMILES string of the molecule is CC(CC(=O)O)NS(=O)(=O)c1cc(S(C)(=O)=O)ccc1F. The zero-order chi connectivity index (χ0) is 16.4. The minimum Gasteiger partial charge on any atom is -0.481 e. The van der Waals surface area contributed by atoms with Crippen molar-refractivity contribution in [1.82, 2.24) is 4.72 Å². The van der Waals surface area contributed by atoms with Gasteiger partial charge in [-0.15, -0.1) is 0 Å². The lowest BCUT2D eigenvalue weighted by Crippen LogP contribution is -2.34. The van der Waals surface area contributed by atoms with Gasteiger partial charge in [-0.2, -0.15) is 0 Å². The molecule has 118 valence electrons. The summed E-state index contributed by atoms with van der Waals surface area (Å²) in [7, 11) is -8.07. The highest BCUT2D eigenvalue weighted by Crippen LogP contribution is 2.20. The van der Waals surface area contributed by atoms with Crippen LogP contribution >= 0.6 is 0 Å². The van der Waals surface area contributed by atoms with Crippen LogP contribution in [0, 0.1) is 5.82 Å². The molecule has 0 aliphatic heterocycles. The fourth-order valence-electron chi connectivity index (χ4n) is 1.55. The minimum absolute atomic E-state index is 0.352. The number of hydrogen-bond donors (Lipinski definition) is 2. The summed E-state index contributed by atoms with van der Waals surface area (Å²) in [5.41, 5.74) is 0. The normalized spacial score (nSPS) is 13.9. The van der Waals surface area contributed by atoms with E-state index in [4.69, 9.17) is 5.11 Å². The zero-order valence-electron chi connectivity index (χ0n) is 11.2. The van der Waals surface area contributed by atoms with Crippen LogP contribution in [0.25, 0.3) is 0 Å². The van der Waals surface area contributed by atoms with Crippen molar-refractivity contribution in [2.24, 2.45) is 0 Å². The van der Waals surface area contributed by atoms with Crippen molar-refractivity contribution < 1.29 is 31.1 Å². The first-order chi connectivity index (χ1) is 9.43. The molecule has 0 heterocycles. The molecule has 1 aromatic carbocycles. The molecular formula is C11H14FNO6S2. The first-order valence-electron chi connectivity index (χ1n) is 5.67. The molecule has 1 atom stereocenters. The molecule has 2 N–H and O–H groups in total. The van der Waals surface area contributed by atoms with Gasteiger partial charge < -0.3 is 5.11 Å². The molecule has 0 saturated carbocycles. The van der Waals surface area contributed by atoms with Crippen molar-refractivity contribution in [3.63, 3.8) is 0 Å². The van der Waals surface area contributed by atoms with Gasteiger partial charge in [-0.05, 0) is 25.1 Å². The van der Waals surface area contributed by atoms with Crippen molar-refractivity contribution in [1.29, 1.82) is 0 Å². The van der Waals surface area contributed by atoms with Gasteiger partial charge in [0, 0.05) is 12.3 Å². The van der Waals surface area contributed by atoms with Crippen LogP contribution in [-0.4, -0.2) is 40.2 Å². The topological polar surface area (TPSA) is 118 Å². The maximum atomic E-state index is 13.6. The summed E-state index contributed by atoms with van der Waals surface area (Å²) < 4.78 is 62.3. The average Bonchev–Trinajstić information content (AvgIpc) is 2.25. The molecule has 21 heavy (non-hydrogen) atoms. The van der Waals surface area contributed by atoms with Crippen LogP contribution in [0.3, 0.4) is 0 Å². The standard InChI is InChI=1S/C11H14FNO6S2/c1-7(5-11(14)15)13-21(18,19)10-6-8(20(2,16)17)3-4-9(10)12/h3-4,6-7,13H,5H2,1-2H3,(H,14,15). The molecule has 0 amide bonds. The van der Waals surface area contributed by atoms with Gasteiger partial charge in [-0.25, -0.2) is 25.9 Å². The van der Waals surface area contributed by atoms with E-state index in [0.717, 1.165) is 18.4 Å². The number of sulfonamides is 1. The second kappa shape index (κ2) is 6.08. The molecule has 0 aromatic heterocycles. The lowest BCUT2D eigenvalue weighted by atomic mass is 10.3. The minimum atomic E-state index is -4.37. The summed E-state index contributed by atoms with van der Waals surface area (Å²) in [5.74, 6) is -2.35. The summed E-state index contributed by atoms with van der Waals surface area (Å²) >= 11 is 0. The maximum Gasteiger partial charge on any atom is 0.304 e. The van der Waals surface area contributed by atoms with Crippen molar-refractivity contribution in [3.8, 4) is 0 Å². The van der Waals surface area contributed by atoms with Crippen LogP contribution in [0.2, 0.25) is 0 Å². The van der Waals surface area contributed by atoms with Gasteiger partial charge in [0.1, 0.15) is 10.7 Å². The quantitative estimate of drug-likeness (QED) is 0.723. The highest BCUT2D eigenvalue weighted by atomic mass is 32.2. The second-order valence-corrected chi connectivity index (χ2v) is 8.18. The molecule has 0 aliphatic rings. The predicted octanol–water partition coefficient (Wildman–Crippen LogP) is 0.371. The lowest BCUT2D eigenvalue weighted by Gasteiger charge is -2.13. The highest BCUT2D eigenvalue weighted by molar-refractivity contribution is 7.91. The Morgan fingerprint density at radius 3 is 2.38 bits per heavy atom. The van der Waals surface area contributed by atoms with E-state index < -0.39 is 49.0 Å². The van der Waals surface area contributed by atoms with E-state index in [1.54, 1.807) is 0 Å². The number of rotatable bonds is 6. The number of hydrogen-bond acceptors (Lipinski definition) is 5. The Morgan fingerprint density at radius 1 is 1.33 bits per heavy atom. The number of carboxylic acid groups (broad SMARTS) is 1. The van der Waals surface area contributed by atoms with Gasteiger partial charge in [0.2, 0.25) is 10.0 Å². The molecule has 1 unspecified atom stereocenters. The first kappa shape index (κ1) is 17.5. The number of benzene rings is 1. The van der Waals surface area contributed by atoms with Crippen molar-refractivity contribution in [3.05, 3.63) is 24.0 Å². The Labute approximate surface area is 121 Å². The number of nitrogens with one attached hydrogen (secondary N) is 1. The van der Waals surface area contributed by atoms with Gasteiger partial charge in [0.05, 0.1) is 11.3 Å². The Balaban J connectivity index is 3.22. The Morgan fingerprint density at radius 2 is 1.90 bits per heavy atom. The van der Waals surface area contributed by atoms with Gasteiger partial charge in [0.25, 0.3) is 0 Å². The molecule has 0 radical (unpaired) electrons. The predicted molar refractivity (Wildman–Crippen MR) is 71.5 cm³/mol. The van der Waals surface area contributed by atoms with Crippen LogP contribution in [0.4, 0.5) is 4.39 Å². The van der Waals surface area contributed by atoms with Gasteiger partial charge in [0.15, 0.2) is 9.84 Å². The third-order valence-corrected chi connectivity index (χ3v) is 5.17. The summed E-state index contributed by atoms with van der Waals surface area (Å²) in [6.07, 6.45) is 0.365. The molecule has 0 spiro atoms. The van der Waals surface area contributed by atoms with E-state index >= 15 is 0 Å².